The number of esters is 1. The Morgan fingerprint density at radius 2 is 2.00 bits per heavy atom. The molecule has 2 heterocycles. The number of hydrogen-bond donors (Lipinski definition) is 0. The van der Waals surface area contributed by atoms with E-state index in [1.54, 1.807) is 11.0 Å². The number of carbonyl (C=O) groups is 2. The lowest BCUT2D eigenvalue weighted by molar-refractivity contribution is -0.236. The van der Waals surface area contributed by atoms with Gasteiger partial charge in [-0.1, -0.05) is 36.4 Å². The number of carbonyl (C=O) groups excluding carboxylic acids is 2. The van der Waals surface area contributed by atoms with Gasteiger partial charge in [0.05, 0.1) is 13.2 Å². The van der Waals surface area contributed by atoms with Crippen molar-refractivity contribution in [2.45, 2.75) is 51.1 Å². The molecular weight excluding hydrogens is 350 g/mol. The zero-order valence-corrected chi connectivity index (χ0v) is 15.6. The number of ether oxygens (including phenoxy) is 4. The predicted molar refractivity (Wildman–Crippen MR) is 96.6 cm³/mol. The third-order valence-corrected chi connectivity index (χ3v) is 4.72. The normalized spacial score (nSPS) is 29.2. The quantitative estimate of drug-likeness (QED) is 0.533. The van der Waals surface area contributed by atoms with Crippen LogP contribution in [-0.4, -0.2) is 60.6 Å². The van der Waals surface area contributed by atoms with Crippen molar-refractivity contribution in [3.8, 4) is 0 Å². The average Bonchev–Trinajstić information content (AvgIpc) is 3.07. The zero-order valence-electron chi connectivity index (χ0n) is 15.6. The van der Waals surface area contributed by atoms with Crippen molar-refractivity contribution in [1.29, 1.82) is 0 Å². The molecule has 2 aliphatic heterocycles. The minimum absolute atomic E-state index is 0.160. The molecule has 7 heteroatoms. The summed E-state index contributed by atoms with van der Waals surface area (Å²) in [4.78, 5) is 25.6. The van der Waals surface area contributed by atoms with Crippen LogP contribution in [0.1, 0.15) is 19.4 Å². The first-order valence-corrected chi connectivity index (χ1v) is 8.99. The molecule has 1 aromatic carbocycles. The molecule has 0 saturated carbocycles. The van der Waals surface area contributed by atoms with Crippen molar-refractivity contribution in [2.24, 2.45) is 0 Å². The van der Waals surface area contributed by atoms with E-state index in [1.165, 1.54) is 13.8 Å². The van der Waals surface area contributed by atoms with Gasteiger partial charge in [-0.25, -0.2) is 0 Å². The lowest BCUT2D eigenvalue weighted by Gasteiger charge is -2.45. The Bertz CT molecular complexity index is 678. The fourth-order valence-electron chi connectivity index (χ4n) is 3.59. The van der Waals surface area contributed by atoms with E-state index in [0.717, 1.165) is 5.56 Å². The van der Waals surface area contributed by atoms with E-state index in [0.29, 0.717) is 13.2 Å². The molecule has 0 aliphatic carbocycles. The molecule has 0 radical (unpaired) electrons. The van der Waals surface area contributed by atoms with Crippen molar-refractivity contribution in [1.82, 2.24) is 4.90 Å². The first-order chi connectivity index (χ1) is 13.0. The van der Waals surface area contributed by atoms with E-state index in [9.17, 15) is 9.59 Å². The van der Waals surface area contributed by atoms with Gasteiger partial charge in [0, 0.05) is 20.4 Å². The molecule has 2 fully saturated rings. The lowest BCUT2D eigenvalue weighted by Crippen LogP contribution is -2.64. The van der Waals surface area contributed by atoms with Crippen molar-refractivity contribution < 1.29 is 28.5 Å². The summed E-state index contributed by atoms with van der Waals surface area (Å²) in [5.41, 5.74) is 0.985. The molecule has 2 saturated heterocycles. The molecule has 1 amide bonds. The van der Waals surface area contributed by atoms with Gasteiger partial charge in [-0.15, -0.1) is 6.58 Å². The summed E-state index contributed by atoms with van der Waals surface area (Å²) in [7, 11) is 0. The Hall–Kier alpha value is -2.22. The van der Waals surface area contributed by atoms with Crippen molar-refractivity contribution in [3.05, 3.63) is 48.6 Å². The van der Waals surface area contributed by atoms with Crippen LogP contribution in [0.15, 0.2) is 43.0 Å². The molecule has 2 aliphatic rings. The molecule has 0 unspecified atom stereocenters. The number of amides is 1. The second kappa shape index (κ2) is 8.65. The summed E-state index contributed by atoms with van der Waals surface area (Å²) in [5.74, 6) is -0.602. The fourth-order valence-corrected chi connectivity index (χ4v) is 3.59. The third kappa shape index (κ3) is 4.37. The Kier molecular flexibility index (Phi) is 6.26. The highest BCUT2D eigenvalue weighted by Gasteiger charge is 2.55. The van der Waals surface area contributed by atoms with Crippen LogP contribution in [0.5, 0.6) is 0 Å². The van der Waals surface area contributed by atoms with Crippen LogP contribution in [0.25, 0.3) is 0 Å². The maximum Gasteiger partial charge on any atom is 0.303 e. The number of hydrogen-bond acceptors (Lipinski definition) is 6. The summed E-state index contributed by atoms with van der Waals surface area (Å²) in [6.07, 6.45) is -0.698. The van der Waals surface area contributed by atoms with Gasteiger partial charge >= 0.3 is 5.97 Å². The Morgan fingerprint density at radius 3 is 2.63 bits per heavy atom. The van der Waals surface area contributed by atoms with Crippen molar-refractivity contribution >= 4 is 11.9 Å². The standard InChI is InChI=1S/C20H25NO6/c1-4-10-21(13(2)22)17-18(26-14(3)23)16-12-25-20(27-16)19(17)24-11-15-8-6-5-7-9-15/h4-9,16-20H,1,10-12H2,2-3H3/t16-,17+,18-,19+,20-/m1/s1. The molecule has 2 bridgehead atoms. The van der Waals surface area contributed by atoms with E-state index < -0.39 is 36.6 Å². The molecule has 5 atom stereocenters. The maximum absolute atomic E-state index is 12.3. The van der Waals surface area contributed by atoms with Crippen LogP contribution >= 0.6 is 0 Å². The van der Waals surface area contributed by atoms with Gasteiger partial charge in [-0.05, 0) is 5.56 Å². The van der Waals surface area contributed by atoms with Crippen molar-refractivity contribution in [2.75, 3.05) is 13.2 Å². The Labute approximate surface area is 158 Å². The molecule has 0 spiro atoms. The smallest absolute Gasteiger partial charge is 0.303 e. The third-order valence-electron chi connectivity index (χ3n) is 4.72. The largest absolute Gasteiger partial charge is 0.457 e. The topological polar surface area (TPSA) is 74.3 Å². The Balaban J connectivity index is 1.89. The van der Waals surface area contributed by atoms with Crippen LogP contribution in [-0.2, 0) is 35.1 Å². The van der Waals surface area contributed by atoms with Gasteiger partial charge in [-0.3, -0.25) is 9.59 Å². The van der Waals surface area contributed by atoms with Crippen LogP contribution in [0, 0.1) is 0 Å². The number of rotatable bonds is 7. The summed E-state index contributed by atoms with van der Waals surface area (Å²) in [5, 5.41) is 0. The molecule has 7 nitrogen and oxygen atoms in total. The molecule has 3 rings (SSSR count). The monoisotopic (exact) mass is 375 g/mol. The second-order valence-corrected chi connectivity index (χ2v) is 6.66. The summed E-state index contributed by atoms with van der Waals surface area (Å²) in [6.45, 7) is 7.45. The van der Waals surface area contributed by atoms with Gasteiger partial charge in [-0.2, -0.15) is 0 Å². The molecule has 27 heavy (non-hydrogen) atoms. The fraction of sp³-hybridized carbons (Fsp3) is 0.500. The van der Waals surface area contributed by atoms with E-state index >= 15 is 0 Å². The van der Waals surface area contributed by atoms with E-state index in [-0.39, 0.29) is 12.5 Å². The predicted octanol–water partition coefficient (Wildman–Crippen LogP) is 1.66. The molecule has 1 aromatic rings. The van der Waals surface area contributed by atoms with E-state index in [2.05, 4.69) is 6.58 Å². The van der Waals surface area contributed by atoms with Crippen LogP contribution < -0.4 is 0 Å². The highest BCUT2D eigenvalue weighted by Crippen LogP contribution is 2.35. The SMILES string of the molecule is C=CCN(C(C)=O)[C@@H]1[C@H](OCc2ccccc2)[C@@H]2OC[C@@H](O2)[C@H]1OC(C)=O. The van der Waals surface area contributed by atoms with Gasteiger partial charge in [0.2, 0.25) is 5.91 Å². The minimum Gasteiger partial charge on any atom is -0.457 e. The van der Waals surface area contributed by atoms with E-state index in [1.807, 2.05) is 30.3 Å². The average molecular weight is 375 g/mol. The second-order valence-electron chi connectivity index (χ2n) is 6.66. The summed E-state index contributed by atoms with van der Waals surface area (Å²) >= 11 is 0. The molecular formula is C20H25NO6. The highest BCUT2D eigenvalue weighted by atomic mass is 16.8. The van der Waals surface area contributed by atoms with Crippen LogP contribution in [0.3, 0.4) is 0 Å². The molecule has 0 aromatic heterocycles. The van der Waals surface area contributed by atoms with Crippen molar-refractivity contribution in [3.63, 3.8) is 0 Å². The number of fused-ring (bicyclic) bond motifs is 2. The van der Waals surface area contributed by atoms with Gasteiger partial charge in [0.25, 0.3) is 0 Å². The first kappa shape index (κ1) is 19.5. The molecule has 146 valence electrons. The van der Waals surface area contributed by atoms with Gasteiger partial charge in [0.1, 0.15) is 18.2 Å². The summed E-state index contributed by atoms with van der Waals surface area (Å²) in [6, 6.07) is 9.16. The lowest BCUT2D eigenvalue weighted by atomic mass is 9.95. The summed E-state index contributed by atoms with van der Waals surface area (Å²) < 4.78 is 23.3. The molecule has 0 N–H and O–H groups in total. The van der Waals surface area contributed by atoms with Crippen LogP contribution in [0.4, 0.5) is 0 Å². The van der Waals surface area contributed by atoms with E-state index in [4.69, 9.17) is 18.9 Å². The van der Waals surface area contributed by atoms with Crippen LogP contribution in [0.2, 0.25) is 0 Å². The maximum atomic E-state index is 12.3. The van der Waals surface area contributed by atoms with Gasteiger partial charge in [0.15, 0.2) is 12.4 Å². The zero-order chi connectivity index (χ0) is 19.4. The first-order valence-electron chi connectivity index (χ1n) is 8.99. The number of nitrogens with zero attached hydrogens (tertiary/aromatic N) is 1. The highest BCUT2D eigenvalue weighted by molar-refractivity contribution is 5.74. The number of benzene rings is 1. The Morgan fingerprint density at radius 1 is 1.26 bits per heavy atom. The van der Waals surface area contributed by atoms with Gasteiger partial charge < -0.3 is 23.8 Å². The minimum atomic E-state index is -0.675.